The van der Waals surface area contributed by atoms with Gasteiger partial charge in [0, 0.05) is 6.04 Å². The van der Waals surface area contributed by atoms with Gasteiger partial charge >= 0.3 is 0 Å². The molecule has 0 unspecified atom stereocenters. The number of methoxy groups -OCH3 is 3. The second-order valence-electron chi connectivity index (χ2n) is 4.91. The molecule has 7 nitrogen and oxygen atoms in total. The van der Waals surface area contributed by atoms with E-state index in [4.69, 9.17) is 14.2 Å². The summed E-state index contributed by atoms with van der Waals surface area (Å²) in [6.45, 7) is -0.0766. The van der Waals surface area contributed by atoms with Crippen molar-refractivity contribution in [1.82, 2.24) is 10.6 Å². The highest BCUT2D eigenvalue weighted by atomic mass is 16.5. The molecule has 2 rings (SSSR count). The van der Waals surface area contributed by atoms with E-state index in [0.717, 1.165) is 12.8 Å². The molecule has 1 fully saturated rings. The fourth-order valence-electron chi connectivity index (χ4n) is 2.04. The van der Waals surface area contributed by atoms with Gasteiger partial charge in [-0.15, -0.1) is 0 Å². The van der Waals surface area contributed by atoms with Gasteiger partial charge in [0.1, 0.15) is 0 Å². The van der Waals surface area contributed by atoms with Gasteiger partial charge in [-0.3, -0.25) is 9.59 Å². The van der Waals surface area contributed by atoms with Crippen LogP contribution in [0, 0.1) is 0 Å². The molecule has 7 heteroatoms. The van der Waals surface area contributed by atoms with E-state index in [1.807, 2.05) is 0 Å². The molecule has 22 heavy (non-hydrogen) atoms. The van der Waals surface area contributed by atoms with Gasteiger partial charge < -0.3 is 24.8 Å². The average molecular weight is 308 g/mol. The lowest BCUT2D eigenvalue weighted by molar-refractivity contribution is -0.120. The van der Waals surface area contributed by atoms with Crippen LogP contribution < -0.4 is 24.8 Å². The molecule has 2 N–H and O–H groups in total. The number of carbonyl (C=O) groups excluding carboxylic acids is 2. The van der Waals surface area contributed by atoms with Gasteiger partial charge in [0.05, 0.1) is 33.4 Å². The highest BCUT2D eigenvalue weighted by Gasteiger charge is 2.24. The Labute approximate surface area is 128 Å². The van der Waals surface area contributed by atoms with Crippen molar-refractivity contribution in [2.45, 2.75) is 18.9 Å². The van der Waals surface area contributed by atoms with Gasteiger partial charge in [-0.2, -0.15) is 0 Å². The molecule has 0 radical (unpaired) electrons. The largest absolute Gasteiger partial charge is 0.493 e. The molecule has 0 spiro atoms. The number of nitrogens with one attached hydrogen (secondary N) is 2. The van der Waals surface area contributed by atoms with Crippen LogP contribution in [0.5, 0.6) is 17.2 Å². The molecule has 0 bridgehead atoms. The Morgan fingerprint density at radius 1 is 1.09 bits per heavy atom. The fraction of sp³-hybridized carbons (Fsp3) is 0.467. The van der Waals surface area contributed by atoms with E-state index in [1.165, 1.54) is 21.3 Å². The van der Waals surface area contributed by atoms with Crippen molar-refractivity contribution in [1.29, 1.82) is 0 Å². The van der Waals surface area contributed by atoms with E-state index in [0.29, 0.717) is 11.5 Å². The van der Waals surface area contributed by atoms with E-state index >= 15 is 0 Å². The summed E-state index contributed by atoms with van der Waals surface area (Å²) in [7, 11) is 4.40. The van der Waals surface area contributed by atoms with E-state index in [-0.39, 0.29) is 29.8 Å². The predicted octanol–water partition coefficient (Wildman–Crippen LogP) is 0.721. The lowest BCUT2D eigenvalue weighted by atomic mass is 10.1. The average Bonchev–Trinajstić information content (AvgIpc) is 3.34. The van der Waals surface area contributed by atoms with Gasteiger partial charge in [0.2, 0.25) is 11.7 Å². The third-order valence-electron chi connectivity index (χ3n) is 3.30. The summed E-state index contributed by atoms with van der Waals surface area (Å²) in [5.41, 5.74) is 0.277. The zero-order valence-corrected chi connectivity index (χ0v) is 12.9. The van der Waals surface area contributed by atoms with Crippen LogP contribution >= 0.6 is 0 Å². The Morgan fingerprint density at radius 3 is 2.32 bits per heavy atom. The third-order valence-corrected chi connectivity index (χ3v) is 3.30. The summed E-state index contributed by atoms with van der Waals surface area (Å²) >= 11 is 0. The first-order valence-electron chi connectivity index (χ1n) is 6.97. The van der Waals surface area contributed by atoms with Crippen molar-refractivity contribution < 1.29 is 23.8 Å². The highest BCUT2D eigenvalue weighted by Crippen LogP contribution is 2.39. The quantitative estimate of drug-likeness (QED) is 0.775. The Bertz CT molecular complexity index is 569. The molecule has 1 aliphatic carbocycles. The maximum Gasteiger partial charge on any atom is 0.255 e. The smallest absolute Gasteiger partial charge is 0.255 e. The Hall–Kier alpha value is -2.44. The monoisotopic (exact) mass is 308 g/mol. The summed E-state index contributed by atoms with van der Waals surface area (Å²) in [5, 5.41) is 5.37. The van der Waals surface area contributed by atoms with Crippen molar-refractivity contribution in [2.75, 3.05) is 27.9 Å². The molecule has 0 aliphatic heterocycles. The van der Waals surface area contributed by atoms with Gasteiger partial charge in [-0.1, -0.05) is 0 Å². The SMILES string of the molecule is COc1ccc(C(=O)NCC(=O)NC2CC2)c(OC)c1OC. The zero-order chi connectivity index (χ0) is 16.1. The first-order valence-corrected chi connectivity index (χ1v) is 6.97. The second kappa shape index (κ2) is 7.02. The summed E-state index contributed by atoms with van der Waals surface area (Å²) in [6.07, 6.45) is 2.01. The predicted molar refractivity (Wildman–Crippen MR) is 79.6 cm³/mol. The zero-order valence-electron chi connectivity index (χ0n) is 12.9. The summed E-state index contributed by atoms with van der Waals surface area (Å²) in [6, 6.07) is 3.44. The van der Waals surface area contributed by atoms with Crippen molar-refractivity contribution >= 4 is 11.8 Å². The Kier molecular flexibility index (Phi) is 5.08. The molecular weight excluding hydrogens is 288 g/mol. The van der Waals surface area contributed by atoms with Gasteiger partial charge in [0.25, 0.3) is 5.91 Å². The molecule has 1 saturated carbocycles. The molecule has 2 amide bonds. The number of benzene rings is 1. The van der Waals surface area contributed by atoms with Crippen LogP contribution in [0.3, 0.4) is 0 Å². The van der Waals surface area contributed by atoms with Gasteiger partial charge in [0.15, 0.2) is 11.5 Å². The molecule has 1 aromatic carbocycles. The number of rotatable bonds is 7. The maximum atomic E-state index is 12.2. The minimum absolute atomic E-state index is 0.0766. The normalized spacial score (nSPS) is 13.2. The standard InChI is InChI=1S/C15H20N2O5/c1-20-11-7-6-10(13(21-2)14(11)22-3)15(19)16-8-12(18)17-9-4-5-9/h6-7,9H,4-5,8H2,1-3H3,(H,16,19)(H,17,18). The van der Waals surface area contributed by atoms with Crippen molar-refractivity contribution in [3.8, 4) is 17.2 Å². The fourth-order valence-corrected chi connectivity index (χ4v) is 2.04. The second-order valence-corrected chi connectivity index (χ2v) is 4.91. The number of carbonyl (C=O) groups is 2. The first kappa shape index (κ1) is 15.9. The maximum absolute atomic E-state index is 12.2. The highest BCUT2D eigenvalue weighted by molar-refractivity contribution is 6.00. The number of hydrogen-bond donors (Lipinski definition) is 2. The van der Waals surface area contributed by atoms with E-state index in [1.54, 1.807) is 12.1 Å². The molecule has 1 aliphatic rings. The lowest BCUT2D eigenvalue weighted by Gasteiger charge is -2.15. The summed E-state index contributed by atoms with van der Waals surface area (Å²) < 4.78 is 15.6. The van der Waals surface area contributed by atoms with Crippen molar-refractivity contribution in [3.63, 3.8) is 0 Å². The van der Waals surface area contributed by atoms with Crippen LogP contribution in [0.15, 0.2) is 12.1 Å². The molecule has 120 valence electrons. The minimum atomic E-state index is -0.413. The summed E-state index contributed by atoms with van der Waals surface area (Å²) in [5.74, 6) is 0.448. The number of amides is 2. The van der Waals surface area contributed by atoms with Crippen LogP contribution in [0.4, 0.5) is 0 Å². The Morgan fingerprint density at radius 2 is 1.77 bits per heavy atom. The lowest BCUT2D eigenvalue weighted by Crippen LogP contribution is -2.37. The van der Waals surface area contributed by atoms with Gasteiger partial charge in [-0.05, 0) is 25.0 Å². The van der Waals surface area contributed by atoms with Crippen LogP contribution in [-0.2, 0) is 4.79 Å². The van der Waals surface area contributed by atoms with Gasteiger partial charge in [-0.25, -0.2) is 0 Å². The molecular formula is C15H20N2O5. The van der Waals surface area contributed by atoms with Crippen LogP contribution in [0.2, 0.25) is 0 Å². The minimum Gasteiger partial charge on any atom is -0.493 e. The van der Waals surface area contributed by atoms with Crippen molar-refractivity contribution in [3.05, 3.63) is 17.7 Å². The molecule has 0 heterocycles. The number of hydrogen-bond acceptors (Lipinski definition) is 5. The Balaban J connectivity index is 2.09. The molecule has 0 aromatic heterocycles. The molecule has 1 aromatic rings. The van der Waals surface area contributed by atoms with Crippen LogP contribution in [0.1, 0.15) is 23.2 Å². The van der Waals surface area contributed by atoms with E-state index < -0.39 is 5.91 Å². The molecule has 0 saturated heterocycles. The third kappa shape index (κ3) is 3.60. The summed E-state index contributed by atoms with van der Waals surface area (Å²) in [4.78, 5) is 23.8. The van der Waals surface area contributed by atoms with Crippen LogP contribution in [0.25, 0.3) is 0 Å². The van der Waals surface area contributed by atoms with Crippen molar-refractivity contribution in [2.24, 2.45) is 0 Å². The van der Waals surface area contributed by atoms with Crippen LogP contribution in [-0.4, -0.2) is 45.7 Å². The van der Waals surface area contributed by atoms with E-state index in [2.05, 4.69) is 10.6 Å². The first-order chi connectivity index (χ1) is 10.6. The van der Waals surface area contributed by atoms with E-state index in [9.17, 15) is 9.59 Å². The number of ether oxygens (including phenoxy) is 3. The topological polar surface area (TPSA) is 85.9 Å². The molecule has 0 atom stereocenters.